The smallest absolute Gasteiger partial charge is 0.123 e. The third kappa shape index (κ3) is 3.70. The maximum atomic E-state index is 13.2. The Labute approximate surface area is 126 Å². The SMILES string of the molecule is CCC(C)COC(C)(c1ccccc1)c1ccc(F)cc1. The summed E-state index contributed by atoms with van der Waals surface area (Å²) in [7, 11) is 0. The van der Waals surface area contributed by atoms with Crippen molar-refractivity contribution in [3.8, 4) is 0 Å². The van der Waals surface area contributed by atoms with Crippen LogP contribution in [0.3, 0.4) is 0 Å². The van der Waals surface area contributed by atoms with Crippen LogP contribution in [0.15, 0.2) is 54.6 Å². The van der Waals surface area contributed by atoms with Gasteiger partial charge >= 0.3 is 0 Å². The molecule has 0 N–H and O–H groups in total. The molecule has 2 aromatic rings. The second-order valence-electron chi connectivity index (χ2n) is 5.73. The second-order valence-corrected chi connectivity index (χ2v) is 5.73. The Morgan fingerprint density at radius 3 is 2.14 bits per heavy atom. The van der Waals surface area contributed by atoms with Gasteiger partial charge in [0.15, 0.2) is 0 Å². The molecule has 2 rings (SSSR count). The Kier molecular flexibility index (Phi) is 5.13. The minimum atomic E-state index is -0.557. The van der Waals surface area contributed by atoms with Gasteiger partial charge in [0, 0.05) is 0 Å². The summed E-state index contributed by atoms with van der Waals surface area (Å²) in [6.07, 6.45) is 1.08. The van der Waals surface area contributed by atoms with Crippen molar-refractivity contribution in [2.45, 2.75) is 32.8 Å². The first-order valence-electron chi connectivity index (χ1n) is 7.51. The predicted octanol–water partition coefficient (Wildman–Crippen LogP) is 5.15. The maximum absolute atomic E-state index is 13.2. The van der Waals surface area contributed by atoms with Gasteiger partial charge in [-0.2, -0.15) is 0 Å². The van der Waals surface area contributed by atoms with Gasteiger partial charge in [-0.05, 0) is 36.1 Å². The van der Waals surface area contributed by atoms with Gasteiger partial charge in [0.25, 0.3) is 0 Å². The van der Waals surface area contributed by atoms with E-state index in [1.165, 1.54) is 12.1 Å². The molecule has 2 aromatic carbocycles. The van der Waals surface area contributed by atoms with Crippen molar-refractivity contribution in [1.29, 1.82) is 0 Å². The topological polar surface area (TPSA) is 9.23 Å². The van der Waals surface area contributed by atoms with Crippen LogP contribution in [-0.4, -0.2) is 6.61 Å². The van der Waals surface area contributed by atoms with E-state index in [0.717, 1.165) is 17.5 Å². The summed E-state index contributed by atoms with van der Waals surface area (Å²) in [6.45, 7) is 7.07. The van der Waals surface area contributed by atoms with E-state index < -0.39 is 5.60 Å². The van der Waals surface area contributed by atoms with Crippen LogP contribution < -0.4 is 0 Å². The van der Waals surface area contributed by atoms with Crippen LogP contribution in [-0.2, 0) is 10.3 Å². The fraction of sp³-hybridized carbons (Fsp3) is 0.368. The average molecular weight is 286 g/mol. The summed E-state index contributed by atoms with van der Waals surface area (Å²) in [5.41, 5.74) is 1.50. The zero-order valence-corrected chi connectivity index (χ0v) is 13.0. The molecule has 0 radical (unpaired) electrons. The van der Waals surface area contributed by atoms with E-state index in [-0.39, 0.29) is 5.82 Å². The average Bonchev–Trinajstić information content (AvgIpc) is 2.53. The Balaban J connectivity index is 2.36. The molecule has 112 valence electrons. The number of hydrogen-bond donors (Lipinski definition) is 0. The van der Waals surface area contributed by atoms with Gasteiger partial charge in [-0.3, -0.25) is 0 Å². The maximum Gasteiger partial charge on any atom is 0.123 e. The van der Waals surface area contributed by atoms with Crippen molar-refractivity contribution >= 4 is 0 Å². The molecule has 1 nitrogen and oxygen atoms in total. The first kappa shape index (κ1) is 15.7. The van der Waals surface area contributed by atoms with Crippen molar-refractivity contribution in [1.82, 2.24) is 0 Å². The zero-order valence-electron chi connectivity index (χ0n) is 13.0. The Morgan fingerprint density at radius 2 is 1.57 bits per heavy atom. The van der Waals surface area contributed by atoms with E-state index in [9.17, 15) is 4.39 Å². The van der Waals surface area contributed by atoms with Crippen LogP contribution in [0.4, 0.5) is 4.39 Å². The van der Waals surface area contributed by atoms with Gasteiger partial charge < -0.3 is 4.74 Å². The van der Waals surface area contributed by atoms with Gasteiger partial charge in [-0.15, -0.1) is 0 Å². The summed E-state index contributed by atoms with van der Waals surface area (Å²) in [4.78, 5) is 0. The van der Waals surface area contributed by atoms with Crippen LogP contribution in [0.25, 0.3) is 0 Å². The van der Waals surface area contributed by atoms with Gasteiger partial charge in [-0.1, -0.05) is 62.7 Å². The molecule has 0 bridgehead atoms. The molecule has 2 heteroatoms. The van der Waals surface area contributed by atoms with Crippen molar-refractivity contribution in [3.63, 3.8) is 0 Å². The van der Waals surface area contributed by atoms with Crippen LogP contribution in [0, 0.1) is 11.7 Å². The van der Waals surface area contributed by atoms with E-state index in [2.05, 4.69) is 32.9 Å². The molecule has 0 saturated heterocycles. The summed E-state index contributed by atoms with van der Waals surface area (Å²) < 4.78 is 19.5. The highest BCUT2D eigenvalue weighted by molar-refractivity contribution is 5.35. The number of hydrogen-bond acceptors (Lipinski definition) is 1. The Morgan fingerprint density at radius 1 is 1.00 bits per heavy atom. The zero-order chi connectivity index (χ0) is 15.3. The molecule has 0 fully saturated rings. The lowest BCUT2D eigenvalue weighted by atomic mass is 9.87. The first-order valence-corrected chi connectivity index (χ1v) is 7.51. The molecular formula is C19H23FO. The van der Waals surface area contributed by atoms with E-state index in [0.29, 0.717) is 12.5 Å². The minimum absolute atomic E-state index is 0.226. The Hall–Kier alpha value is -1.67. The highest BCUT2D eigenvalue weighted by Crippen LogP contribution is 2.34. The number of ether oxygens (including phenoxy) is 1. The van der Waals surface area contributed by atoms with Crippen molar-refractivity contribution in [2.24, 2.45) is 5.92 Å². The predicted molar refractivity (Wildman–Crippen MR) is 84.7 cm³/mol. The van der Waals surface area contributed by atoms with Gasteiger partial charge in [0.2, 0.25) is 0 Å². The lowest BCUT2D eigenvalue weighted by Crippen LogP contribution is -2.29. The fourth-order valence-electron chi connectivity index (χ4n) is 2.28. The fourth-order valence-corrected chi connectivity index (χ4v) is 2.28. The monoisotopic (exact) mass is 286 g/mol. The highest BCUT2D eigenvalue weighted by atomic mass is 19.1. The van der Waals surface area contributed by atoms with E-state index in [1.54, 1.807) is 12.1 Å². The molecule has 0 heterocycles. The van der Waals surface area contributed by atoms with Crippen molar-refractivity contribution < 1.29 is 9.13 Å². The number of rotatable bonds is 6. The third-order valence-electron chi connectivity index (χ3n) is 4.07. The standard InChI is InChI=1S/C19H23FO/c1-4-15(2)14-21-19(3,16-8-6-5-7-9-16)17-10-12-18(20)13-11-17/h5-13,15H,4,14H2,1-3H3. The molecular weight excluding hydrogens is 263 g/mol. The molecule has 0 aliphatic rings. The lowest BCUT2D eigenvalue weighted by Gasteiger charge is -2.32. The first-order chi connectivity index (χ1) is 10.1. The molecule has 0 saturated carbocycles. The lowest BCUT2D eigenvalue weighted by molar-refractivity contribution is -0.0214. The number of halogens is 1. The van der Waals surface area contributed by atoms with Crippen LogP contribution in [0.5, 0.6) is 0 Å². The van der Waals surface area contributed by atoms with E-state index in [1.807, 2.05) is 18.2 Å². The Bertz CT molecular complexity index is 550. The minimum Gasteiger partial charge on any atom is -0.366 e. The van der Waals surface area contributed by atoms with Crippen LogP contribution >= 0.6 is 0 Å². The quantitative estimate of drug-likeness (QED) is 0.713. The third-order valence-corrected chi connectivity index (χ3v) is 4.07. The van der Waals surface area contributed by atoms with Crippen LogP contribution in [0.2, 0.25) is 0 Å². The highest BCUT2D eigenvalue weighted by Gasteiger charge is 2.30. The van der Waals surface area contributed by atoms with Gasteiger partial charge in [-0.25, -0.2) is 4.39 Å². The summed E-state index contributed by atoms with van der Waals surface area (Å²) >= 11 is 0. The largest absolute Gasteiger partial charge is 0.366 e. The molecule has 0 spiro atoms. The normalized spacial score (nSPS) is 15.4. The summed E-state index contributed by atoms with van der Waals surface area (Å²) in [6, 6.07) is 16.7. The summed E-state index contributed by atoms with van der Waals surface area (Å²) in [5, 5.41) is 0. The van der Waals surface area contributed by atoms with E-state index in [4.69, 9.17) is 4.74 Å². The van der Waals surface area contributed by atoms with Gasteiger partial charge in [0.05, 0.1) is 6.61 Å². The molecule has 21 heavy (non-hydrogen) atoms. The molecule has 2 atom stereocenters. The van der Waals surface area contributed by atoms with Gasteiger partial charge in [0.1, 0.15) is 11.4 Å². The molecule has 0 aromatic heterocycles. The molecule has 0 amide bonds. The molecule has 0 aliphatic carbocycles. The summed E-state index contributed by atoms with van der Waals surface area (Å²) in [5.74, 6) is 0.268. The van der Waals surface area contributed by atoms with Crippen molar-refractivity contribution in [3.05, 3.63) is 71.5 Å². The second kappa shape index (κ2) is 6.86. The molecule has 2 unspecified atom stereocenters. The van der Waals surface area contributed by atoms with Crippen molar-refractivity contribution in [2.75, 3.05) is 6.61 Å². The van der Waals surface area contributed by atoms with E-state index >= 15 is 0 Å². The van der Waals surface area contributed by atoms with Crippen LogP contribution in [0.1, 0.15) is 38.3 Å². The molecule has 0 aliphatic heterocycles. The number of benzene rings is 2.